The van der Waals surface area contributed by atoms with Crippen LogP contribution in [-0.2, 0) is 9.47 Å². The van der Waals surface area contributed by atoms with E-state index in [9.17, 15) is 0 Å². The monoisotopic (exact) mass is 414 g/mol. The molecule has 4 nitrogen and oxygen atoms in total. The minimum absolute atomic E-state index is 0.121. The fourth-order valence-corrected chi connectivity index (χ4v) is 3.74. The Labute approximate surface area is 183 Å². The highest BCUT2D eigenvalue weighted by Crippen LogP contribution is 2.19. The Kier molecular flexibility index (Phi) is 16.4. The van der Waals surface area contributed by atoms with Gasteiger partial charge in [0.15, 0.2) is 0 Å². The van der Waals surface area contributed by atoms with E-state index in [2.05, 4.69) is 79.9 Å². The predicted octanol–water partition coefficient (Wildman–Crippen LogP) is 5.79. The van der Waals surface area contributed by atoms with Crippen molar-refractivity contribution in [3.63, 3.8) is 0 Å². The molecule has 0 saturated carbocycles. The van der Waals surface area contributed by atoms with Crippen molar-refractivity contribution >= 4 is 0 Å². The Morgan fingerprint density at radius 3 is 1.86 bits per heavy atom. The molecule has 0 saturated heterocycles. The maximum absolute atomic E-state index is 6.01. The number of nitrogens with one attached hydrogen (secondary N) is 2. The second kappa shape index (κ2) is 16.5. The molecule has 0 aliphatic heterocycles. The molecule has 0 aliphatic carbocycles. The summed E-state index contributed by atoms with van der Waals surface area (Å²) in [6, 6.07) is 1.73. The summed E-state index contributed by atoms with van der Waals surface area (Å²) in [6.07, 6.45) is 6.97. The molecule has 0 spiro atoms. The molecule has 0 radical (unpaired) electrons. The third kappa shape index (κ3) is 18.3. The van der Waals surface area contributed by atoms with Crippen molar-refractivity contribution in [1.82, 2.24) is 10.6 Å². The Morgan fingerprint density at radius 1 is 0.724 bits per heavy atom. The quantitative estimate of drug-likeness (QED) is 0.298. The van der Waals surface area contributed by atoms with Gasteiger partial charge in [-0.1, -0.05) is 34.6 Å². The zero-order valence-electron chi connectivity index (χ0n) is 21.4. The van der Waals surface area contributed by atoms with Crippen molar-refractivity contribution in [2.24, 2.45) is 11.8 Å². The first-order chi connectivity index (χ1) is 13.5. The molecule has 0 aromatic heterocycles. The second-order valence-electron chi connectivity index (χ2n) is 10.4. The molecule has 4 atom stereocenters. The van der Waals surface area contributed by atoms with Gasteiger partial charge >= 0.3 is 0 Å². The summed E-state index contributed by atoms with van der Waals surface area (Å²) in [7, 11) is 0. The van der Waals surface area contributed by atoms with E-state index in [0.29, 0.717) is 24.7 Å². The van der Waals surface area contributed by atoms with E-state index >= 15 is 0 Å². The maximum atomic E-state index is 6.01. The molecule has 0 rings (SSSR count). The topological polar surface area (TPSA) is 42.5 Å². The average molecular weight is 415 g/mol. The molecule has 0 aromatic rings. The van der Waals surface area contributed by atoms with Gasteiger partial charge in [0.25, 0.3) is 0 Å². The largest absolute Gasteiger partial charge is 0.376 e. The highest BCUT2D eigenvalue weighted by atomic mass is 16.5. The maximum Gasteiger partial charge on any atom is 0.0936 e. The van der Waals surface area contributed by atoms with Crippen LogP contribution in [0.4, 0.5) is 0 Å². The van der Waals surface area contributed by atoms with Crippen molar-refractivity contribution in [3.05, 3.63) is 0 Å². The SMILES string of the molecule is CC(C)CC(CCC(C)CCC(C)NCC(COC(C)C)OC(C)C)NC(C)C. The lowest BCUT2D eigenvalue weighted by atomic mass is 9.92. The molecule has 0 amide bonds. The van der Waals surface area contributed by atoms with Gasteiger partial charge in [-0.3, -0.25) is 0 Å². The average Bonchev–Trinajstić information content (AvgIpc) is 2.58. The first-order valence-electron chi connectivity index (χ1n) is 12.3. The summed E-state index contributed by atoms with van der Waals surface area (Å²) in [4.78, 5) is 0. The molecule has 2 N–H and O–H groups in total. The zero-order valence-corrected chi connectivity index (χ0v) is 21.4. The smallest absolute Gasteiger partial charge is 0.0936 e. The molecule has 29 heavy (non-hydrogen) atoms. The van der Waals surface area contributed by atoms with E-state index in [1.165, 1.54) is 32.1 Å². The molecular weight excluding hydrogens is 360 g/mol. The highest BCUT2D eigenvalue weighted by molar-refractivity contribution is 4.74. The fraction of sp³-hybridized carbons (Fsp3) is 1.00. The summed E-state index contributed by atoms with van der Waals surface area (Å²) in [5.74, 6) is 1.53. The summed E-state index contributed by atoms with van der Waals surface area (Å²) in [5.41, 5.74) is 0. The number of hydrogen-bond acceptors (Lipinski definition) is 4. The minimum Gasteiger partial charge on any atom is -0.376 e. The Balaban J connectivity index is 4.20. The third-order valence-corrected chi connectivity index (χ3v) is 5.20. The number of hydrogen-bond donors (Lipinski definition) is 2. The van der Waals surface area contributed by atoms with E-state index in [-0.39, 0.29) is 18.3 Å². The molecule has 0 aliphatic rings. The summed E-state index contributed by atoms with van der Waals surface area (Å²) >= 11 is 0. The van der Waals surface area contributed by atoms with Crippen molar-refractivity contribution in [2.75, 3.05) is 13.2 Å². The van der Waals surface area contributed by atoms with E-state index in [1.807, 2.05) is 0 Å². The van der Waals surface area contributed by atoms with Gasteiger partial charge in [0.1, 0.15) is 0 Å². The first kappa shape index (κ1) is 28.8. The van der Waals surface area contributed by atoms with Crippen molar-refractivity contribution in [2.45, 2.75) is 138 Å². The predicted molar refractivity (Wildman–Crippen MR) is 128 cm³/mol. The first-order valence-corrected chi connectivity index (χ1v) is 12.3. The lowest BCUT2D eigenvalue weighted by Crippen LogP contribution is -2.39. The zero-order chi connectivity index (χ0) is 22.4. The number of rotatable bonds is 18. The normalized spacial score (nSPS) is 16.8. The van der Waals surface area contributed by atoms with Gasteiger partial charge in [0.05, 0.1) is 24.9 Å². The lowest BCUT2D eigenvalue weighted by Gasteiger charge is -2.26. The molecule has 4 heteroatoms. The van der Waals surface area contributed by atoms with Gasteiger partial charge < -0.3 is 20.1 Å². The van der Waals surface area contributed by atoms with Crippen LogP contribution < -0.4 is 10.6 Å². The van der Waals surface area contributed by atoms with Crippen LogP contribution in [0.3, 0.4) is 0 Å². The van der Waals surface area contributed by atoms with Crippen LogP contribution in [0.5, 0.6) is 0 Å². The van der Waals surface area contributed by atoms with E-state index in [1.54, 1.807) is 0 Å². The Hall–Kier alpha value is -0.160. The fourth-order valence-electron chi connectivity index (χ4n) is 3.74. The minimum atomic E-state index is 0.121. The molecule has 4 unspecified atom stereocenters. The van der Waals surface area contributed by atoms with Gasteiger partial charge in [0, 0.05) is 24.7 Å². The van der Waals surface area contributed by atoms with Crippen molar-refractivity contribution < 1.29 is 9.47 Å². The number of ether oxygens (including phenoxy) is 2. The van der Waals surface area contributed by atoms with Crippen LogP contribution >= 0.6 is 0 Å². The van der Waals surface area contributed by atoms with E-state index < -0.39 is 0 Å². The van der Waals surface area contributed by atoms with Crippen LogP contribution in [0.1, 0.15) is 101 Å². The molecule has 176 valence electrons. The summed E-state index contributed by atoms with van der Waals surface area (Å²) < 4.78 is 11.8. The van der Waals surface area contributed by atoms with Crippen LogP contribution in [0, 0.1) is 11.8 Å². The lowest BCUT2D eigenvalue weighted by molar-refractivity contribution is -0.0577. The third-order valence-electron chi connectivity index (χ3n) is 5.20. The summed E-state index contributed by atoms with van der Waals surface area (Å²) in [6.45, 7) is 23.7. The van der Waals surface area contributed by atoms with Crippen LogP contribution in [0.2, 0.25) is 0 Å². The van der Waals surface area contributed by atoms with Gasteiger partial charge in [0.2, 0.25) is 0 Å². The molecule has 0 bridgehead atoms. The summed E-state index contributed by atoms with van der Waals surface area (Å²) in [5, 5.41) is 7.43. The van der Waals surface area contributed by atoms with Gasteiger partial charge in [-0.2, -0.15) is 0 Å². The van der Waals surface area contributed by atoms with Crippen LogP contribution in [-0.4, -0.2) is 49.6 Å². The highest BCUT2D eigenvalue weighted by Gasteiger charge is 2.16. The second-order valence-corrected chi connectivity index (χ2v) is 10.4. The van der Waals surface area contributed by atoms with Gasteiger partial charge in [-0.05, 0) is 78.6 Å². The standard InChI is InChI=1S/C25H54N2O2/c1-18(2)15-24(27-19(3)4)14-12-22(9)11-13-23(10)26-16-25(29-21(7)8)17-28-20(5)6/h18-27H,11-17H2,1-10H3. The Morgan fingerprint density at radius 2 is 1.34 bits per heavy atom. The van der Waals surface area contributed by atoms with Crippen LogP contribution in [0.25, 0.3) is 0 Å². The molecule has 0 aromatic carbocycles. The van der Waals surface area contributed by atoms with Gasteiger partial charge in [-0.25, -0.2) is 0 Å². The van der Waals surface area contributed by atoms with Crippen molar-refractivity contribution in [1.29, 1.82) is 0 Å². The van der Waals surface area contributed by atoms with Crippen molar-refractivity contribution in [3.8, 4) is 0 Å². The molecule has 0 fully saturated rings. The van der Waals surface area contributed by atoms with E-state index in [4.69, 9.17) is 9.47 Å². The van der Waals surface area contributed by atoms with Crippen LogP contribution in [0.15, 0.2) is 0 Å². The van der Waals surface area contributed by atoms with E-state index in [0.717, 1.165) is 18.4 Å². The van der Waals surface area contributed by atoms with Gasteiger partial charge in [-0.15, -0.1) is 0 Å². The Bertz CT molecular complexity index is 362. The molecule has 0 heterocycles. The molecular formula is C25H54N2O2.